The molecule has 1 aliphatic carbocycles. The highest BCUT2D eigenvalue weighted by molar-refractivity contribution is 7.91. The third-order valence-corrected chi connectivity index (χ3v) is 6.89. The van der Waals surface area contributed by atoms with Crippen LogP contribution >= 0.6 is 0 Å². The standard InChI is InChI=1S/C24H27N5O2S/c1-17-13-18-7-8-21(15-19(18)14-17)26-23-9-10-25-24(28-23)27-20-5-4-6-22(16-20)32(30,31)12-11-29(2)3/h4-10,14-16H,11-13H2,1-3H3,(H2,25,26,27,28). The molecule has 0 radical (unpaired) electrons. The minimum atomic E-state index is -3.37. The summed E-state index contributed by atoms with van der Waals surface area (Å²) >= 11 is 0. The second kappa shape index (κ2) is 9.10. The number of hydrogen-bond donors (Lipinski definition) is 2. The molecule has 0 atom stereocenters. The number of sulfone groups is 1. The molecule has 7 nitrogen and oxygen atoms in total. The van der Waals surface area contributed by atoms with E-state index >= 15 is 0 Å². The zero-order valence-corrected chi connectivity index (χ0v) is 19.3. The summed E-state index contributed by atoms with van der Waals surface area (Å²) in [5, 5.41) is 6.42. The fourth-order valence-electron chi connectivity index (χ4n) is 3.54. The first-order valence-corrected chi connectivity index (χ1v) is 12.1. The highest BCUT2D eigenvalue weighted by Crippen LogP contribution is 2.28. The smallest absolute Gasteiger partial charge is 0.229 e. The maximum atomic E-state index is 12.6. The lowest BCUT2D eigenvalue weighted by molar-refractivity contribution is 0.432. The number of anilines is 4. The van der Waals surface area contributed by atoms with Crippen LogP contribution in [0.25, 0.3) is 6.08 Å². The quantitative estimate of drug-likeness (QED) is 0.531. The number of hydrogen-bond acceptors (Lipinski definition) is 7. The van der Waals surface area contributed by atoms with Gasteiger partial charge in [0.15, 0.2) is 9.84 Å². The number of fused-ring (bicyclic) bond motifs is 1. The van der Waals surface area contributed by atoms with Gasteiger partial charge in [-0.3, -0.25) is 0 Å². The van der Waals surface area contributed by atoms with Gasteiger partial charge >= 0.3 is 0 Å². The Morgan fingerprint density at radius 2 is 1.84 bits per heavy atom. The summed E-state index contributed by atoms with van der Waals surface area (Å²) in [6.07, 6.45) is 4.86. The van der Waals surface area contributed by atoms with Crippen molar-refractivity contribution in [1.29, 1.82) is 0 Å². The Morgan fingerprint density at radius 1 is 1.03 bits per heavy atom. The lowest BCUT2D eigenvalue weighted by Gasteiger charge is -2.12. The molecule has 0 amide bonds. The average molecular weight is 450 g/mol. The molecule has 4 rings (SSSR count). The molecular formula is C24H27N5O2S. The first-order chi connectivity index (χ1) is 15.3. The monoisotopic (exact) mass is 449 g/mol. The lowest BCUT2D eigenvalue weighted by atomic mass is 10.1. The van der Waals surface area contributed by atoms with Gasteiger partial charge in [-0.2, -0.15) is 4.98 Å². The van der Waals surface area contributed by atoms with E-state index in [9.17, 15) is 8.42 Å². The van der Waals surface area contributed by atoms with Gasteiger partial charge in [-0.1, -0.05) is 23.8 Å². The van der Waals surface area contributed by atoms with Crippen molar-refractivity contribution < 1.29 is 8.42 Å². The van der Waals surface area contributed by atoms with Crippen molar-refractivity contribution in [3.05, 3.63) is 71.4 Å². The highest BCUT2D eigenvalue weighted by atomic mass is 32.2. The Labute approximate surface area is 189 Å². The molecule has 0 spiro atoms. The van der Waals surface area contributed by atoms with Crippen LogP contribution in [-0.2, 0) is 16.3 Å². The Kier molecular flexibility index (Phi) is 6.25. The second-order valence-corrected chi connectivity index (χ2v) is 10.4. The van der Waals surface area contributed by atoms with Gasteiger partial charge in [0.1, 0.15) is 5.82 Å². The topological polar surface area (TPSA) is 87.2 Å². The van der Waals surface area contributed by atoms with Gasteiger partial charge in [0.2, 0.25) is 5.95 Å². The van der Waals surface area contributed by atoms with Crippen LogP contribution in [0.5, 0.6) is 0 Å². The third kappa shape index (κ3) is 5.33. The van der Waals surface area contributed by atoms with Gasteiger partial charge in [0.25, 0.3) is 0 Å². The molecule has 0 fully saturated rings. The van der Waals surface area contributed by atoms with E-state index in [-0.39, 0.29) is 10.6 Å². The van der Waals surface area contributed by atoms with Crippen LogP contribution in [0.4, 0.5) is 23.1 Å². The summed E-state index contributed by atoms with van der Waals surface area (Å²) in [5.41, 5.74) is 5.49. The average Bonchev–Trinajstić information content (AvgIpc) is 3.12. The number of nitrogens with zero attached hydrogens (tertiary/aromatic N) is 3. The van der Waals surface area contributed by atoms with Crippen LogP contribution in [-0.4, -0.2) is 49.7 Å². The van der Waals surface area contributed by atoms with Crippen LogP contribution in [0.15, 0.2) is 65.2 Å². The predicted molar refractivity (Wildman–Crippen MR) is 129 cm³/mol. The zero-order chi connectivity index (χ0) is 22.7. The molecule has 2 N–H and O–H groups in total. The summed E-state index contributed by atoms with van der Waals surface area (Å²) in [5.74, 6) is 1.10. The lowest BCUT2D eigenvalue weighted by Crippen LogP contribution is -2.22. The van der Waals surface area contributed by atoms with Gasteiger partial charge in [-0.05, 0) is 75.0 Å². The fraction of sp³-hybridized carbons (Fsp3) is 0.250. The van der Waals surface area contributed by atoms with E-state index in [1.165, 1.54) is 16.7 Å². The molecule has 0 saturated carbocycles. The largest absolute Gasteiger partial charge is 0.340 e. The maximum absolute atomic E-state index is 12.6. The Bertz CT molecular complexity index is 1270. The van der Waals surface area contributed by atoms with E-state index in [1.54, 1.807) is 36.5 Å². The summed E-state index contributed by atoms with van der Waals surface area (Å²) < 4.78 is 25.2. The molecule has 0 aliphatic heterocycles. The van der Waals surface area contributed by atoms with Crippen molar-refractivity contribution in [2.24, 2.45) is 0 Å². The first kappa shape index (κ1) is 22.0. The van der Waals surface area contributed by atoms with Gasteiger partial charge in [-0.25, -0.2) is 13.4 Å². The Morgan fingerprint density at radius 3 is 2.66 bits per heavy atom. The number of allylic oxidation sites excluding steroid dienone is 1. The molecule has 32 heavy (non-hydrogen) atoms. The number of rotatable bonds is 8. The zero-order valence-electron chi connectivity index (χ0n) is 18.5. The molecule has 166 valence electrons. The molecular weight excluding hydrogens is 422 g/mol. The molecule has 1 aromatic heterocycles. The first-order valence-electron chi connectivity index (χ1n) is 10.4. The van der Waals surface area contributed by atoms with Crippen LogP contribution < -0.4 is 10.6 Å². The van der Waals surface area contributed by atoms with Gasteiger partial charge in [-0.15, -0.1) is 0 Å². The number of benzene rings is 2. The van der Waals surface area contributed by atoms with E-state index in [1.807, 2.05) is 25.1 Å². The molecule has 8 heteroatoms. The Balaban J connectivity index is 1.48. The SMILES string of the molecule is CC1=Cc2cc(Nc3ccnc(Nc4cccc(S(=O)(=O)CCN(C)C)c4)n3)ccc2C1. The maximum Gasteiger partial charge on any atom is 0.229 e. The van der Waals surface area contributed by atoms with Crippen molar-refractivity contribution >= 4 is 39.1 Å². The molecule has 2 aromatic carbocycles. The normalized spacial score (nSPS) is 13.1. The van der Waals surface area contributed by atoms with Crippen LogP contribution in [0.1, 0.15) is 18.1 Å². The van der Waals surface area contributed by atoms with Gasteiger partial charge in [0.05, 0.1) is 10.6 Å². The van der Waals surface area contributed by atoms with Crippen molar-refractivity contribution in [2.75, 3.05) is 37.0 Å². The van der Waals surface area contributed by atoms with Gasteiger partial charge in [0, 0.05) is 24.1 Å². The number of nitrogens with one attached hydrogen (secondary N) is 2. The van der Waals surface area contributed by atoms with E-state index in [4.69, 9.17) is 0 Å². The van der Waals surface area contributed by atoms with E-state index in [0.717, 1.165) is 12.1 Å². The molecule has 0 unspecified atom stereocenters. The molecule has 1 heterocycles. The van der Waals surface area contributed by atoms with E-state index in [2.05, 4.69) is 45.7 Å². The summed E-state index contributed by atoms with van der Waals surface area (Å²) in [6.45, 7) is 2.60. The molecule has 3 aromatic rings. The van der Waals surface area contributed by atoms with Crippen LogP contribution in [0.2, 0.25) is 0 Å². The van der Waals surface area contributed by atoms with E-state index < -0.39 is 9.84 Å². The van der Waals surface area contributed by atoms with Crippen LogP contribution in [0, 0.1) is 0 Å². The van der Waals surface area contributed by atoms with Crippen molar-refractivity contribution in [2.45, 2.75) is 18.2 Å². The molecule has 0 bridgehead atoms. The van der Waals surface area contributed by atoms with E-state index in [0.29, 0.717) is 24.0 Å². The summed E-state index contributed by atoms with van der Waals surface area (Å²) in [4.78, 5) is 10.9. The predicted octanol–water partition coefficient (Wildman–Crippen LogP) is 4.26. The minimum absolute atomic E-state index is 0.0643. The summed E-state index contributed by atoms with van der Waals surface area (Å²) in [6, 6.07) is 14.8. The van der Waals surface area contributed by atoms with Crippen molar-refractivity contribution in [1.82, 2.24) is 14.9 Å². The molecule has 1 aliphatic rings. The fourth-order valence-corrected chi connectivity index (χ4v) is 4.97. The summed E-state index contributed by atoms with van der Waals surface area (Å²) in [7, 11) is 0.340. The second-order valence-electron chi connectivity index (χ2n) is 8.25. The van der Waals surface area contributed by atoms with Crippen LogP contribution in [0.3, 0.4) is 0 Å². The van der Waals surface area contributed by atoms with Gasteiger partial charge < -0.3 is 15.5 Å². The molecule has 0 saturated heterocycles. The van der Waals surface area contributed by atoms with Crippen molar-refractivity contribution in [3.8, 4) is 0 Å². The minimum Gasteiger partial charge on any atom is -0.340 e. The highest BCUT2D eigenvalue weighted by Gasteiger charge is 2.15. The Hall–Kier alpha value is -3.23. The number of aromatic nitrogens is 2. The third-order valence-electron chi connectivity index (χ3n) is 5.20. The van der Waals surface area contributed by atoms with Crippen molar-refractivity contribution in [3.63, 3.8) is 0 Å².